The summed E-state index contributed by atoms with van der Waals surface area (Å²) in [5.74, 6) is 0.326. The van der Waals surface area contributed by atoms with Gasteiger partial charge in [-0.1, -0.05) is 30.0 Å². The zero-order valence-corrected chi connectivity index (χ0v) is 16.9. The van der Waals surface area contributed by atoms with Crippen molar-refractivity contribution < 1.29 is 8.78 Å². The fourth-order valence-corrected chi connectivity index (χ4v) is 5.41. The van der Waals surface area contributed by atoms with Crippen molar-refractivity contribution in [2.75, 3.05) is 23.7 Å². The summed E-state index contributed by atoms with van der Waals surface area (Å²) in [6.45, 7) is 1.42. The zero-order chi connectivity index (χ0) is 20.7. The minimum atomic E-state index is -0.529. The molecule has 0 saturated carbocycles. The molecule has 0 unspecified atom stereocenters. The van der Waals surface area contributed by atoms with Crippen LogP contribution in [0.3, 0.4) is 0 Å². The zero-order valence-electron chi connectivity index (χ0n) is 16.1. The van der Waals surface area contributed by atoms with E-state index < -0.39 is 11.5 Å². The van der Waals surface area contributed by atoms with Crippen molar-refractivity contribution in [1.82, 2.24) is 4.98 Å². The van der Waals surface area contributed by atoms with Crippen LogP contribution in [0.25, 0.3) is 11.1 Å². The van der Waals surface area contributed by atoms with Gasteiger partial charge in [0.2, 0.25) is 5.95 Å². The van der Waals surface area contributed by atoms with Crippen LogP contribution in [0, 0.1) is 17.7 Å². The van der Waals surface area contributed by atoms with Gasteiger partial charge in [0.15, 0.2) is 5.17 Å². The van der Waals surface area contributed by atoms with E-state index in [0.717, 1.165) is 29.1 Å². The van der Waals surface area contributed by atoms with E-state index in [0.29, 0.717) is 17.3 Å². The smallest absolute Gasteiger partial charge is 0.220 e. The Morgan fingerprint density at radius 3 is 2.70 bits per heavy atom. The quantitative estimate of drug-likeness (QED) is 0.635. The van der Waals surface area contributed by atoms with Gasteiger partial charge < -0.3 is 10.6 Å². The van der Waals surface area contributed by atoms with Crippen molar-refractivity contribution in [3.63, 3.8) is 0 Å². The molecule has 5 rings (SSSR count). The molecule has 2 atom stereocenters. The molecule has 3 aromatic rings. The highest BCUT2D eigenvalue weighted by Gasteiger charge is 2.50. The minimum Gasteiger partial charge on any atom is -0.379 e. The summed E-state index contributed by atoms with van der Waals surface area (Å²) in [4.78, 5) is 10.9. The molecular formula is C23H20F2N4S. The lowest BCUT2D eigenvalue weighted by Crippen LogP contribution is -2.40. The maximum atomic E-state index is 14.3. The molecule has 152 valence electrons. The monoisotopic (exact) mass is 422 g/mol. The summed E-state index contributed by atoms with van der Waals surface area (Å²) in [6, 6.07) is 17.8. The number of aromatic nitrogens is 1. The van der Waals surface area contributed by atoms with E-state index in [1.165, 1.54) is 18.3 Å². The first kappa shape index (κ1) is 19.1. The number of aliphatic imine (C=N–C) groups is 1. The average molecular weight is 423 g/mol. The van der Waals surface area contributed by atoms with E-state index in [1.54, 1.807) is 36.0 Å². The van der Waals surface area contributed by atoms with E-state index in [4.69, 9.17) is 10.7 Å². The molecule has 0 spiro atoms. The average Bonchev–Trinajstić information content (AvgIpc) is 3.15. The number of halogens is 2. The second kappa shape index (κ2) is 7.40. The SMILES string of the molecule is NC1=N[C@@]2(c3cccc(-c4cccnc4F)c3)CN(c3ccc(F)cc3)C[C@H]2CS1. The second-order valence-corrected chi connectivity index (χ2v) is 8.70. The third-order valence-electron chi connectivity index (χ3n) is 5.91. The molecule has 1 aromatic heterocycles. The molecule has 2 aliphatic heterocycles. The van der Waals surface area contributed by atoms with Gasteiger partial charge in [-0.3, -0.25) is 0 Å². The van der Waals surface area contributed by atoms with Gasteiger partial charge in [0.25, 0.3) is 0 Å². The first-order valence-corrected chi connectivity index (χ1v) is 10.7. The highest BCUT2D eigenvalue weighted by molar-refractivity contribution is 8.13. The summed E-state index contributed by atoms with van der Waals surface area (Å²) in [5, 5.41) is 0.560. The van der Waals surface area contributed by atoms with Gasteiger partial charge in [-0.15, -0.1) is 0 Å². The van der Waals surface area contributed by atoms with Crippen LogP contribution < -0.4 is 10.6 Å². The number of amidine groups is 1. The number of pyridine rings is 1. The van der Waals surface area contributed by atoms with E-state index >= 15 is 0 Å². The Hall–Kier alpha value is -2.93. The summed E-state index contributed by atoms with van der Waals surface area (Å²) >= 11 is 1.56. The molecular weight excluding hydrogens is 402 g/mol. The Bertz CT molecular complexity index is 1120. The van der Waals surface area contributed by atoms with Crippen molar-refractivity contribution >= 4 is 22.6 Å². The van der Waals surface area contributed by atoms with Crippen molar-refractivity contribution in [1.29, 1.82) is 0 Å². The first-order chi connectivity index (χ1) is 14.5. The summed E-state index contributed by atoms with van der Waals surface area (Å²) in [5.41, 5.74) is 8.82. The molecule has 7 heteroatoms. The molecule has 2 aliphatic rings. The number of nitrogens with zero attached hydrogens (tertiary/aromatic N) is 3. The summed E-state index contributed by atoms with van der Waals surface area (Å²) in [6.07, 6.45) is 1.44. The second-order valence-electron chi connectivity index (χ2n) is 7.66. The number of anilines is 1. The Morgan fingerprint density at radius 1 is 1.07 bits per heavy atom. The Kier molecular flexibility index (Phi) is 4.70. The number of nitrogens with two attached hydrogens (primary N) is 1. The van der Waals surface area contributed by atoms with E-state index in [2.05, 4.69) is 9.88 Å². The molecule has 3 heterocycles. The van der Waals surface area contributed by atoms with E-state index in [9.17, 15) is 8.78 Å². The van der Waals surface area contributed by atoms with Crippen molar-refractivity contribution in [2.24, 2.45) is 16.6 Å². The standard InChI is InChI=1S/C23H20F2N4S/c24-18-6-8-19(9-7-18)29-12-17-13-30-22(26)28-23(17,14-29)16-4-1-3-15(11-16)20-5-2-10-27-21(20)25/h1-11,17H,12-14H2,(H2,26,28)/t17-,23+/m0/s1. The number of thioether (sulfide) groups is 1. The first-order valence-electron chi connectivity index (χ1n) is 9.75. The van der Waals surface area contributed by atoms with Crippen LogP contribution in [0.1, 0.15) is 5.56 Å². The lowest BCUT2D eigenvalue weighted by atomic mass is 9.81. The normalized spacial score (nSPS) is 23.2. The molecule has 2 aromatic carbocycles. The molecule has 0 bridgehead atoms. The van der Waals surface area contributed by atoms with Gasteiger partial charge in [-0.05, 0) is 53.6 Å². The van der Waals surface area contributed by atoms with Crippen LogP contribution in [-0.4, -0.2) is 29.0 Å². The minimum absolute atomic E-state index is 0.230. The van der Waals surface area contributed by atoms with Crippen LogP contribution in [-0.2, 0) is 5.54 Å². The van der Waals surface area contributed by atoms with Gasteiger partial charge in [0, 0.05) is 42.2 Å². The third kappa shape index (κ3) is 3.23. The van der Waals surface area contributed by atoms with Gasteiger partial charge >= 0.3 is 0 Å². The fourth-order valence-electron chi connectivity index (χ4n) is 4.43. The fraction of sp³-hybridized carbons (Fsp3) is 0.217. The van der Waals surface area contributed by atoms with Crippen LogP contribution in [0.15, 0.2) is 71.9 Å². The summed E-state index contributed by atoms with van der Waals surface area (Å²) in [7, 11) is 0. The molecule has 2 N–H and O–H groups in total. The number of hydrogen-bond donors (Lipinski definition) is 1. The number of rotatable bonds is 3. The van der Waals surface area contributed by atoms with Crippen molar-refractivity contribution in [3.05, 3.63) is 84.2 Å². The van der Waals surface area contributed by atoms with Crippen LogP contribution in [0.5, 0.6) is 0 Å². The van der Waals surface area contributed by atoms with Gasteiger partial charge in [-0.2, -0.15) is 4.39 Å². The Labute approximate surface area is 177 Å². The highest BCUT2D eigenvalue weighted by atomic mass is 32.2. The van der Waals surface area contributed by atoms with Crippen molar-refractivity contribution in [3.8, 4) is 11.1 Å². The summed E-state index contributed by atoms with van der Waals surface area (Å²) < 4.78 is 27.7. The molecule has 30 heavy (non-hydrogen) atoms. The van der Waals surface area contributed by atoms with Crippen molar-refractivity contribution in [2.45, 2.75) is 5.54 Å². The topological polar surface area (TPSA) is 54.5 Å². The molecule has 0 radical (unpaired) electrons. The van der Waals surface area contributed by atoms with Crippen LogP contribution in [0.2, 0.25) is 0 Å². The largest absolute Gasteiger partial charge is 0.379 e. The van der Waals surface area contributed by atoms with Gasteiger partial charge in [-0.25, -0.2) is 14.4 Å². The number of benzene rings is 2. The number of hydrogen-bond acceptors (Lipinski definition) is 5. The van der Waals surface area contributed by atoms with Crippen LogP contribution in [0.4, 0.5) is 14.5 Å². The van der Waals surface area contributed by atoms with Gasteiger partial charge in [0.05, 0.1) is 0 Å². The van der Waals surface area contributed by atoms with Crippen LogP contribution >= 0.6 is 11.8 Å². The third-order valence-corrected chi connectivity index (χ3v) is 6.87. The predicted molar refractivity (Wildman–Crippen MR) is 117 cm³/mol. The van der Waals surface area contributed by atoms with E-state index in [1.807, 2.05) is 24.3 Å². The van der Waals surface area contributed by atoms with Gasteiger partial charge in [0.1, 0.15) is 11.4 Å². The lowest BCUT2D eigenvalue weighted by Gasteiger charge is -2.35. The maximum absolute atomic E-state index is 14.3. The maximum Gasteiger partial charge on any atom is 0.220 e. The molecule has 0 amide bonds. The Morgan fingerprint density at radius 2 is 1.90 bits per heavy atom. The highest BCUT2D eigenvalue weighted by Crippen LogP contribution is 2.47. The Balaban J connectivity index is 1.58. The van der Waals surface area contributed by atoms with E-state index in [-0.39, 0.29) is 11.7 Å². The lowest BCUT2D eigenvalue weighted by molar-refractivity contribution is 0.388. The molecule has 1 saturated heterocycles. The molecule has 4 nitrogen and oxygen atoms in total. The predicted octanol–water partition coefficient (Wildman–Crippen LogP) is 4.42. The molecule has 1 fully saturated rings. The molecule has 0 aliphatic carbocycles. The number of fused-ring (bicyclic) bond motifs is 1.